The zero-order valence-corrected chi connectivity index (χ0v) is 8.30. The van der Waals surface area contributed by atoms with Gasteiger partial charge in [-0.2, -0.15) is 0 Å². The predicted molar refractivity (Wildman–Crippen MR) is 50.4 cm³/mol. The second-order valence-corrected chi connectivity index (χ2v) is 3.30. The summed E-state index contributed by atoms with van der Waals surface area (Å²) in [5.74, 6) is -0.958. The standard InChI is InChI=1S/C7H9N3O3S/c1-14-7-8-6(13)4(9-10-7)2-3-5(11)12/h2-3H2,1H3,(H,11,12)(H,8,10,13). The van der Waals surface area contributed by atoms with E-state index in [2.05, 4.69) is 15.2 Å². The summed E-state index contributed by atoms with van der Waals surface area (Å²) < 4.78 is 0. The molecule has 0 aliphatic heterocycles. The van der Waals surface area contributed by atoms with Gasteiger partial charge >= 0.3 is 5.97 Å². The molecule has 0 aliphatic carbocycles. The van der Waals surface area contributed by atoms with E-state index in [1.54, 1.807) is 6.26 Å². The van der Waals surface area contributed by atoms with Crippen molar-refractivity contribution < 1.29 is 9.90 Å². The molecule has 0 atom stereocenters. The quantitative estimate of drug-likeness (QED) is 0.681. The number of H-pyrrole nitrogens is 1. The normalized spacial score (nSPS) is 10.1. The first-order valence-electron chi connectivity index (χ1n) is 3.85. The van der Waals surface area contributed by atoms with E-state index < -0.39 is 5.97 Å². The summed E-state index contributed by atoms with van der Waals surface area (Å²) in [6.45, 7) is 0. The zero-order valence-electron chi connectivity index (χ0n) is 7.48. The van der Waals surface area contributed by atoms with Crippen LogP contribution >= 0.6 is 11.8 Å². The zero-order chi connectivity index (χ0) is 10.6. The molecular formula is C7H9N3O3S. The van der Waals surface area contributed by atoms with Crippen molar-refractivity contribution in [3.8, 4) is 0 Å². The van der Waals surface area contributed by atoms with Crippen LogP contribution in [-0.2, 0) is 11.2 Å². The van der Waals surface area contributed by atoms with Crippen LogP contribution in [0.25, 0.3) is 0 Å². The fourth-order valence-corrected chi connectivity index (χ4v) is 1.14. The van der Waals surface area contributed by atoms with Gasteiger partial charge in [-0.25, -0.2) is 0 Å². The van der Waals surface area contributed by atoms with Gasteiger partial charge < -0.3 is 5.11 Å². The molecule has 1 heterocycles. The number of nitrogens with zero attached hydrogens (tertiary/aromatic N) is 2. The summed E-state index contributed by atoms with van der Waals surface area (Å²) in [4.78, 5) is 24.0. The Morgan fingerprint density at radius 1 is 1.57 bits per heavy atom. The minimum atomic E-state index is -0.958. The molecule has 0 aliphatic rings. The molecule has 0 bridgehead atoms. The highest BCUT2D eigenvalue weighted by atomic mass is 32.2. The number of thioether (sulfide) groups is 1. The topological polar surface area (TPSA) is 95.9 Å². The first-order chi connectivity index (χ1) is 6.63. The van der Waals surface area contributed by atoms with Crippen molar-refractivity contribution in [3.05, 3.63) is 16.0 Å². The maximum absolute atomic E-state index is 11.2. The molecule has 0 radical (unpaired) electrons. The van der Waals surface area contributed by atoms with Crippen molar-refractivity contribution in [2.75, 3.05) is 6.26 Å². The highest BCUT2D eigenvalue weighted by Crippen LogP contribution is 2.02. The molecule has 0 saturated carbocycles. The van der Waals surface area contributed by atoms with Crippen LogP contribution in [0.1, 0.15) is 12.1 Å². The number of aromatic nitrogens is 3. The lowest BCUT2D eigenvalue weighted by Gasteiger charge is -1.97. The molecule has 0 spiro atoms. The maximum atomic E-state index is 11.2. The van der Waals surface area contributed by atoms with E-state index in [0.29, 0.717) is 5.16 Å². The maximum Gasteiger partial charge on any atom is 0.303 e. The number of aromatic amines is 1. The largest absolute Gasteiger partial charge is 0.481 e. The molecule has 1 aromatic heterocycles. The lowest BCUT2D eigenvalue weighted by atomic mass is 10.2. The van der Waals surface area contributed by atoms with Crippen molar-refractivity contribution in [2.24, 2.45) is 0 Å². The van der Waals surface area contributed by atoms with Gasteiger partial charge in [-0.3, -0.25) is 14.6 Å². The number of nitrogens with one attached hydrogen (secondary N) is 1. The van der Waals surface area contributed by atoms with E-state index in [9.17, 15) is 9.59 Å². The molecule has 2 N–H and O–H groups in total. The second kappa shape index (κ2) is 4.75. The summed E-state index contributed by atoms with van der Waals surface area (Å²) in [6, 6.07) is 0. The minimum absolute atomic E-state index is 0.103. The Morgan fingerprint density at radius 3 is 2.79 bits per heavy atom. The Morgan fingerprint density at radius 2 is 2.29 bits per heavy atom. The fraction of sp³-hybridized carbons (Fsp3) is 0.429. The van der Waals surface area contributed by atoms with Gasteiger partial charge in [-0.1, -0.05) is 11.8 Å². The Balaban J connectivity index is 2.79. The van der Waals surface area contributed by atoms with Gasteiger partial charge in [0.05, 0.1) is 6.42 Å². The van der Waals surface area contributed by atoms with E-state index in [1.807, 2.05) is 0 Å². The Bertz CT molecular complexity index is 390. The number of hydrogen-bond donors (Lipinski definition) is 2. The average molecular weight is 215 g/mol. The van der Waals surface area contributed by atoms with Gasteiger partial charge in [0.2, 0.25) is 0 Å². The van der Waals surface area contributed by atoms with E-state index >= 15 is 0 Å². The van der Waals surface area contributed by atoms with Crippen molar-refractivity contribution in [1.29, 1.82) is 0 Å². The molecule has 1 rings (SSSR count). The third-order valence-corrected chi connectivity index (χ3v) is 2.08. The van der Waals surface area contributed by atoms with Gasteiger partial charge in [0.15, 0.2) is 5.16 Å². The summed E-state index contributed by atoms with van der Waals surface area (Å²) in [7, 11) is 0. The Kier molecular flexibility index (Phi) is 3.63. The van der Waals surface area contributed by atoms with Crippen LogP contribution in [-0.4, -0.2) is 32.5 Å². The Hall–Kier alpha value is -1.37. The molecule has 76 valence electrons. The molecule has 0 unspecified atom stereocenters. The lowest BCUT2D eigenvalue weighted by Crippen LogP contribution is -2.18. The number of carbonyl (C=O) groups is 1. The number of carboxylic acid groups (broad SMARTS) is 1. The summed E-state index contributed by atoms with van der Waals surface area (Å²) in [5.41, 5.74) is -0.212. The van der Waals surface area contributed by atoms with Crippen LogP contribution < -0.4 is 5.56 Å². The van der Waals surface area contributed by atoms with Gasteiger partial charge in [-0.15, -0.1) is 10.2 Å². The van der Waals surface area contributed by atoms with E-state index in [-0.39, 0.29) is 24.1 Å². The summed E-state index contributed by atoms with van der Waals surface area (Å²) in [6.07, 6.45) is 1.75. The van der Waals surface area contributed by atoms with E-state index in [4.69, 9.17) is 5.11 Å². The highest BCUT2D eigenvalue weighted by Gasteiger charge is 2.06. The smallest absolute Gasteiger partial charge is 0.303 e. The van der Waals surface area contributed by atoms with Crippen LogP contribution in [0.2, 0.25) is 0 Å². The molecule has 0 fully saturated rings. The van der Waals surface area contributed by atoms with Crippen LogP contribution in [0.3, 0.4) is 0 Å². The molecule has 7 heteroatoms. The average Bonchev–Trinajstić information content (AvgIpc) is 2.15. The first kappa shape index (κ1) is 10.7. The number of aliphatic carboxylic acids is 1. The minimum Gasteiger partial charge on any atom is -0.481 e. The Labute approximate surface area is 83.8 Å². The van der Waals surface area contributed by atoms with Crippen LogP contribution in [0.4, 0.5) is 0 Å². The first-order valence-corrected chi connectivity index (χ1v) is 5.07. The van der Waals surface area contributed by atoms with E-state index in [0.717, 1.165) is 0 Å². The summed E-state index contributed by atoms with van der Waals surface area (Å²) >= 11 is 1.27. The summed E-state index contributed by atoms with van der Waals surface area (Å²) in [5, 5.41) is 16.2. The van der Waals surface area contributed by atoms with Gasteiger partial charge in [-0.05, 0) is 6.26 Å². The van der Waals surface area contributed by atoms with Crippen LogP contribution in [0, 0.1) is 0 Å². The lowest BCUT2D eigenvalue weighted by molar-refractivity contribution is -0.136. The van der Waals surface area contributed by atoms with Crippen molar-refractivity contribution >= 4 is 17.7 Å². The SMILES string of the molecule is CSc1nnc(CCC(=O)O)c(=O)[nH]1. The van der Waals surface area contributed by atoms with Crippen molar-refractivity contribution in [2.45, 2.75) is 18.0 Å². The number of aryl methyl sites for hydroxylation is 1. The second-order valence-electron chi connectivity index (χ2n) is 2.50. The van der Waals surface area contributed by atoms with Crippen molar-refractivity contribution in [1.82, 2.24) is 15.2 Å². The third kappa shape index (κ3) is 2.84. The van der Waals surface area contributed by atoms with E-state index in [1.165, 1.54) is 11.8 Å². The number of hydrogen-bond acceptors (Lipinski definition) is 5. The monoisotopic (exact) mass is 215 g/mol. The molecule has 6 nitrogen and oxygen atoms in total. The predicted octanol–water partition coefficient (Wildman–Crippen LogP) is -0.0960. The fourth-order valence-electron chi connectivity index (χ4n) is 0.826. The molecule has 0 amide bonds. The van der Waals surface area contributed by atoms with Crippen molar-refractivity contribution in [3.63, 3.8) is 0 Å². The van der Waals surface area contributed by atoms with Crippen LogP contribution in [0.15, 0.2) is 9.95 Å². The third-order valence-electron chi connectivity index (χ3n) is 1.51. The number of carboxylic acids is 1. The molecule has 1 aromatic rings. The molecule has 14 heavy (non-hydrogen) atoms. The molecule has 0 saturated heterocycles. The number of rotatable bonds is 4. The van der Waals surface area contributed by atoms with Gasteiger partial charge in [0.1, 0.15) is 5.69 Å². The van der Waals surface area contributed by atoms with Gasteiger partial charge in [0.25, 0.3) is 5.56 Å². The van der Waals surface area contributed by atoms with Gasteiger partial charge in [0, 0.05) is 6.42 Å². The molecule has 0 aromatic carbocycles. The van der Waals surface area contributed by atoms with Crippen LogP contribution in [0.5, 0.6) is 0 Å². The molecular weight excluding hydrogens is 206 g/mol. The highest BCUT2D eigenvalue weighted by molar-refractivity contribution is 7.98.